The molecule has 190 valence electrons. The van der Waals surface area contributed by atoms with Gasteiger partial charge in [-0.2, -0.15) is 18.2 Å². The number of benzene rings is 1. The van der Waals surface area contributed by atoms with Gasteiger partial charge >= 0.3 is 12.2 Å². The van der Waals surface area contributed by atoms with Crippen LogP contribution in [0.15, 0.2) is 28.8 Å². The quantitative estimate of drug-likeness (QED) is 0.700. The number of aliphatic hydroxyl groups excluding tert-OH is 1. The van der Waals surface area contributed by atoms with Gasteiger partial charge in [0.25, 0.3) is 5.95 Å². The van der Waals surface area contributed by atoms with Gasteiger partial charge in [0, 0.05) is 45.2 Å². The molecular weight excluding hydrogens is 467 g/mol. The number of β-amino-alcohol motifs (C(OH)–C–C–N with tert-alkyl or cyclic N) is 1. The van der Waals surface area contributed by atoms with Crippen LogP contribution in [0, 0.1) is 0 Å². The van der Waals surface area contributed by atoms with Gasteiger partial charge in [0.1, 0.15) is 0 Å². The van der Waals surface area contributed by atoms with Crippen molar-refractivity contribution in [2.24, 2.45) is 0 Å². The lowest BCUT2D eigenvalue weighted by atomic mass is 9.84. The Morgan fingerprint density at radius 1 is 1.00 bits per heavy atom. The number of piperidine rings is 1. The number of aromatic nitrogens is 2. The maximum atomic E-state index is 13.3. The van der Waals surface area contributed by atoms with Gasteiger partial charge in [-0.1, -0.05) is 12.1 Å². The second kappa shape index (κ2) is 9.65. The Balaban J connectivity index is 1.38. The molecule has 3 fully saturated rings. The molecule has 0 bridgehead atoms. The van der Waals surface area contributed by atoms with Crippen molar-refractivity contribution in [3.63, 3.8) is 0 Å². The van der Waals surface area contributed by atoms with Crippen molar-refractivity contribution in [3.8, 4) is 0 Å². The second-order valence-electron chi connectivity index (χ2n) is 9.36. The number of likely N-dealkylation sites (tertiary alicyclic amines) is 1. The standard InChI is InChI=1S/C23H28F3N5O4/c24-23(25,26)18-3-1-15(2-4-18)16-11-17(13-31(12-16)22(33)29-7-9-34-10-8-29)20-27-21(28-35-20)30-6-5-19(32)14-30/h1-4,16-17,19,32H,5-14H2. The molecule has 1 N–H and O–H groups in total. The molecular formula is C23H28F3N5O4. The van der Waals surface area contributed by atoms with Crippen LogP contribution in [0.4, 0.5) is 23.9 Å². The summed E-state index contributed by atoms with van der Waals surface area (Å²) in [6, 6.07) is 5.00. The van der Waals surface area contributed by atoms with E-state index in [-0.39, 0.29) is 17.9 Å². The zero-order chi connectivity index (χ0) is 24.6. The molecule has 3 aliphatic heterocycles. The Bertz CT molecular complexity index is 1020. The number of hydrogen-bond acceptors (Lipinski definition) is 7. The summed E-state index contributed by atoms with van der Waals surface area (Å²) >= 11 is 0. The summed E-state index contributed by atoms with van der Waals surface area (Å²) < 4.78 is 50.1. The fourth-order valence-corrected chi connectivity index (χ4v) is 5.02. The number of rotatable bonds is 3. The Morgan fingerprint density at radius 2 is 1.71 bits per heavy atom. The summed E-state index contributed by atoms with van der Waals surface area (Å²) in [5.74, 6) is 0.330. The molecule has 0 saturated carbocycles. The lowest BCUT2D eigenvalue weighted by Crippen LogP contribution is -2.52. The fourth-order valence-electron chi connectivity index (χ4n) is 5.02. The van der Waals surface area contributed by atoms with E-state index < -0.39 is 17.8 Å². The van der Waals surface area contributed by atoms with Crippen molar-refractivity contribution in [2.75, 3.05) is 57.4 Å². The van der Waals surface area contributed by atoms with Gasteiger partial charge in [-0.15, -0.1) is 0 Å². The number of anilines is 1. The van der Waals surface area contributed by atoms with Crippen molar-refractivity contribution in [1.82, 2.24) is 19.9 Å². The lowest BCUT2D eigenvalue weighted by molar-refractivity contribution is -0.137. The summed E-state index contributed by atoms with van der Waals surface area (Å²) in [7, 11) is 0. The average molecular weight is 496 g/mol. The van der Waals surface area contributed by atoms with E-state index in [9.17, 15) is 23.1 Å². The number of alkyl halides is 3. The topological polar surface area (TPSA) is 95.2 Å². The van der Waals surface area contributed by atoms with Crippen LogP contribution in [0.25, 0.3) is 0 Å². The molecule has 0 radical (unpaired) electrons. The fraction of sp³-hybridized carbons (Fsp3) is 0.609. The first-order valence-electron chi connectivity index (χ1n) is 11.8. The highest BCUT2D eigenvalue weighted by Crippen LogP contribution is 2.38. The Morgan fingerprint density at radius 3 is 2.37 bits per heavy atom. The number of aliphatic hydroxyl groups is 1. The first-order valence-corrected chi connectivity index (χ1v) is 11.8. The van der Waals surface area contributed by atoms with E-state index >= 15 is 0 Å². The van der Waals surface area contributed by atoms with E-state index in [0.29, 0.717) is 77.2 Å². The van der Waals surface area contributed by atoms with E-state index in [2.05, 4.69) is 10.1 Å². The molecule has 5 rings (SSSR count). The maximum Gasteiger partial charge on any atom is 0.416 e. The molecule has 9 nitrogen and oxygen atoms in total. The van der Waals surface area contributed by atoms with E-state index in [1.54, 1.807) is 9.80 Å². The average Bonchev–Trinajstić information content (AvgIpc) is 3.53. The van der Waals surface area contributed by atoms with Crippen molar-refractivity contribution in [3.05, 3.63) is 41.3 Å². The minimum atomic E-state index is -4.41. The number of ether oxygens (including phenoxy) is 1. The molecule has 3 aliphatic rings. The van der Waals surface area contributed by atoms with Gasteiger partial charge in [-0.25, -0.2) is 4.79 Å². The third-order valence-electron chi connectivity index (χ3n) is 6.94. The highest BCUT2D eigenvalue weighted by atomic mass is 19.4. The third-order valence-corrected chi connectivity index (χ3v) is 6.94. The van der Waals surface area contributed by atoms with Gasteiger partial charge in [0.2, 0.25) is 5.89 Å². The molecule has 4 heterocycles. The van der Waals surface area contributed by atoms with E-state index in [4.69, 9.17) is 9.26 Å². The molecule has 2 amide bonds. The van der Waals surface area contributed by atoms with Crippen molar-refractivity contribution < 1.29 is 32.3 Å². The van der Waals surface area contributed by atoms with Gasteiger partial charge in [0.15, 0.2) is 0 Å². The van der Waals surface area contributed by atoms with Crippen LogP contribution >= 0.6 is 0 Å². The predicted octanol–water partition coefficient (Wildman–Crippen LogP) is 2.68. The maximum absolute atomic E-state index is 13.3. The highest BCUT2D eigenvalue weighted by Gasteiger charge is 2.38. The van der Waals surface area contributed by atoms with Crippen molar-refractivity contribution in [2.45, 2.75) is 37.0 Å². The van der Waals surface area contributed by atoms with Gasteiger partial charge in [-0.05, 0) is 35.7 Å². The summed E-state index contributed by atoms with van der Waals surface area (Å²) in [5.41, 5.74) is 0.0223. The number of carbonyl (C=O) groups is 1. The number of amides is 2. The Kier molecular flexibility index (Phi) is 6.58. The molecule has 3 atom stereocenters. The molecule has 0 spiro atoms. The van der Waals surface area contributed by atoms with Crippen LogP contribution in [-0.4, -0.2) is 89.7 Å². The van der Waals surface area contributed by atoms with Gasteiger partial charge in [0.05, 0.1) is 30.8 Å². The molecule has 1 aromatic heterocycles. The molecule has 12 heteroatoms. The van der Waals surface area contributed by atoms with E-state index in [0.717, 1.165) is 17.7 Å². The Hall–Kier alpha value is -2.86. The largest absolute Gasteiger partial charge is 0.416 e. The molecule has 0 aliphatic carbocycles. The number of carbonyl (C=O) groups excluding carboxylic acids is 1. The van der Waals surface area contributed by atoms with Crippen LogP contribution in [0.3, 0.4) is 0 Å². The molecule has 35 heavy (non-hydrogen) atoms. The molecule has 3 unspecified atom stereocenters. The number of halogens is 3. The van der Waals surface area contributed by atoms with Crippen LogP contribution in [0.5, 0.6) is 0 Å². The first-order chi connectivity index (χ1) is 16.8. The van der Waals surface area contributed by atoms with Crippen LogP contribution in [0.2, 0.25) is 0 Å². The molecule has 1 aromatic carbocycles. The number of morpholine rings is 1. The van der Waals surface area contributed by atoms with E-state index in [1.807, 2.05) is 4.90 Å². The summed E-state index contributed by atoms with van der Waals surface area (Å²) in [6.45, 7) is 3.75. The minimum Gasteiger partial charge on any atom is -0.391 e. The zero-order valence-corrected chi connectivity index (χ0v) is 19.2. The van der Waals surface area contributed by atoms with Crippen LogP contribution in [0.1, 0.15) is 41.7 Å². The van der Waals surface area contributed by atoms with E-state index in [1.165, 1.54) is 12.1 Å². The monoisotopic (exact) mass is 495 g/mol. The minimum absolute atomic E-state index is 0.127. The molecule has 2 aromatic rings. The number of hydrogen-bond donors (Lipinski definition) is 1. The Labute approximate surface area is 200 Å². The van der Waals surface area contributed by atoms with Crippen LogP contribution < -0.4 is 4.90 Å². The summed E-state index contributed by atoms with van der Waals surface area (Å²) in [6.07, 6.45) is -3.65. The summed E-state index contributed by atoms with van der Waals surface area (Å²) in [4.78, 5) is 23.2. The van der Waals surface area contributed by atoms with Crippen LogP contribution in [-0.2, 0) is 10.9 Å². The zero-order valence-electron chi connectivity index (χ0n) is 19.2. The number of urea groups is 1. The smallest absolute Gasteiger partial charge is 0.391 e. The summed E-state index contributed by atoms with van der Waals surface area (Å²) in [5, 5.41) is 13.9. The first kappa shape index (κ1) is 23.9. The molecule has 3 saturated heterocycles. The van der Waals surface area contributed by atoms with Gasteiger partial charge < -0.3 is 29.1 Å². The normalized spacial score (nSPS) is 25.8. The van der Waals surface area contributed by atoms with Crippen molar-refractivity contribution >= 4 is 12.0 Å². The predicted molar refractivity (Wildman–Crippen MR) is 118 cm³/mol. The van der Waals surface area contributed by atoms with Gasteiger partial charge in [-0.3, -0.25) is 0 Å². The lowest BCUT2D eigenvalue weighted by Gasteiger charge is -2.40. The third kappa shape index (κ3) is 5.22. The SMILES string of the molecule is O=C(N1CCOCC1)N1CC(c2ccc(C(F)(F)F)cc2)CC(c2nc(N3CCC(O)C3)no2)C1. The number of nitrogens with zero attached hydrogens (tertiary/aromatic N) is 5. The highest BCUT2D eigenvalue weighted by molar-refractivity contribution is 5.75. The van der Waals surface area contributed by atoms with Crippen molar-refractivity contribution in [1.29, 1.82) is 0 Å². The second-order valence-corrected chi connectivity index (χ2v) is 9.36.